The summed E-state index contributed by atoms with van der Waals surface area (Å²) >= 11 is 0. The summed E-state index contributed by atoms with van der Waals surface area (Å²) in [5, 5.41) is 1.11. The minimum atomic E-state index is -3.60. The number of hydrogen-bond acceptors (Lipinski definition) is 6. The fourth-order valence-corrected chi connectivity index (χ4v) is 8.19. The van der Waals surface area contributed by atoms with E-state index in [2.05, 4.69) is 34.1 Å². The van der Waals surface area contributed by atoms with Crippen LogP contribution < -0.4 is 4.90 Å². The molecule has 3 aliphatic rings. The molecule has 0 atom stereocenters. The Morgan fingerprint density at radius 2 is 1.62 bits per heavy atom. The van der Waals surface area contributed by atoms with Crippen LogP contribution in [0.5, 0.6) is 0 Å². The average molecular weight is 582 g/mol. The molecule has 0 N–H and O–H groups in total. The summed E-state index contributed by atoms with van der Waals surface area (Å²) in [5.74, 6) is 0.0448. The van der Waals surface area contributed by atoms with Crippen molar-refractivity contribution < 1.29 is 13.2 Å². The molecule has 9 heteroatoms. The van der Waals surface area contributed by atoms with Gasteiger partial charge in [0.2, 0.25) is 10.0 Å². The van der Waals surface area contributed by atoms with E-state index in [0.717, 1.165) is 70.6 Å². The minimum absolute atomic E-state index is 0.0448. The Kier molecular flexibility index (Phi) is 6.96. The molecule has 1 aromatic heterocycles. The van der Waals surface area contributed by atoms with Crippen LogP contribution in [0.4, 0.5) is 5.69 Å². The highest BCUT2D eigenvalue weighted by Gasteiger charge is 2.34. The van der Waals surface area contributed by atoms with Crippen LogP contribution in [0.3, 0.4) is 0 Å². The maximum atomic E-state index is 13.8. The molecular weight excluding hydrogens is 546 g/mol. The predicted octanol–water partition coefficient (Wildman–Crippen LogP) is 3.93. The molecule has 3 aromatic carbocycles. The molecule has 7 rings (SSSR count). The van der Waals surface area contributed by atoms with Gasteiger partial charge in [-0.3, -0.25) is 9.78 Å². The molecular formula is C33H35N5O3S. The molecule has 0 spiro atoms. The third-order valence-electron chi connectivity index (χ3n) is 8.96. The number of fused-ring (bicyclic) bond motifs is 3. The van der Waals surface area contributed by atoms with E-state index in [4.69, 9.17) is 4.98 Å². The van der Waals surface area contributed by atoms with E-state index < -0.39 is 10.0 Å². The lowest BCUT2D eigenvalue weighted by molar-refractivity contribution is 0.0780. The molecule has 4 aromatic rings. The van der Waals surface area contributed by atoms with Crippen LogP contribution in [-0.2, 0) is 36.0 Å². The zero-order valence-electron chi connectivity index (χ0n) is 23.9. The molecule has 1 amide bonds. The number of carbonyl (C=O) groups is 1. The van der Waals surface area contributed by atoms with Gasteiger partial charge in [0.15, 0.2) is 0 Å². The summed E-state index contributed by atoms with van der Waals surface area (Å²) in [5.41, 5.74) is 6.69. The predicted molar refractivity (Wildman–Crippen MR) is 164 cm³/mol. The van der Waals surface area contributed by atoms with Gasteiger partial charge in [0.1, 0.15) is 0 Å². The van der Waals surface area contributed by atoms with Crippen molar-refractivity contribution >= 4 is 32.5 Å². The van der Waals surface area contributed by atoms with Crippen LogP contribution >= 0.6 is 0 Å². The quantitative estimate of drug-likeness (QED) is 0.344. The molecule has 3 aliphatic heterocycles. The molecule has 216 valence electrons. The third-order valence-corrected chi connectivity index (χ3v) is 10.9. The summed E-state index contributed by atoms with van der Waals surface area (Å²) in [6, 6.07) is 23.8. The number of aromatic nitrogens is 1. The van der Waals surface area contributed by atoms with E-state index in [0.29, 0.717) is 44.0 Å². The van der Waals surface area contributed by atoms with E-state index in [1.165, 1.54) is 0 Å². The lowest BCUT2D eigenvalue weighted by Crippen LogP contribution is -2.47. The highest BCUT2D eigenvalue weighted by molar-refractivity contribution is 7.89. The van der Waals surface area contributed by atoms with Crippen molar-refractivity contribution in [2.45, 2.75) is 30.8 Å². The van der Waals surface area contributed by atoms with Gasteiger partial charge in [-0.25, -0.2) is 8.42 Å². The normalized spacial score (nSPS) is 18.0. The van der Waals surface area contributed by atoms with Gasteiger partial charge >= 0.3 is 0 Å². The summed E-state index contributed by atoms with van der Waals surface area (Å²) < 4.78 is 29.2. The molecule has 0 saturated carbocycles. The van der Waals surface area contributed by atoms with Gasteiger partial charge in [0, 0.05) is 86.7 Å². The molecule has 1 saturated heterocycles. The number of amides is 1. The standard InChI is InChI=1S/C33H35N5O3S/c1-35-18-20-38(21-19-35)42(40,41)32-11-4-7-24-14-16-36(22-28(24)32)31-10-5-8-27-29(31)23-37(33(27)39)17-15-26-13-12-25-6-2-3-9-30(25)34-26/h2-13H,14-23H2,1H3. The molecule has 4 heterocycles. The van der Waals surface area contributed by atoms with Gasteiger partial charge < -0.3 is 14.7 Å². The second kappa shape index (κ2) is 10.8. The molecule has 42 heavy (non-hydrogen) atoms. The summed E-state index contributed by atoms with van der Waals surface area (Å²) in [6.07, 6.45) is 1.45. The Bertz CT molecular complexity index is 1780. The number of sulfonamides is 1. The monoisotopic (exact) mass is 581 g/mol. The van der Waals surface area contributed by atoms with Crippen molar-refractivity contribution in [1.82, 2.24) is 19.1 Å². The second-order valence-corrected chi connectivity index (χ2v) is 13.5. The van der Waals surface area contributed by atoms with Crippen molar-refractivity contribution in [1.29, 1.82) is 0 Å². The Morgan fingerprint density at radius 3 is 2.48 bits per heavy atom. The zero-order valence-corrected chi connectivity index (χ0v) is 24.7. The Morgan fingerprint density at radius 1 is 0.810 bits per heavy atom. The van der Waals surface area contributed by atoms with Crippen LogP contribution in [0.15, 0.2) is 77.7 Å². The van der Waals surface area contributed by atoms with Gasteiger partial charge in [-0.1, -0.05) is 42.5 Å². The van der Waals surface area contributed by atoms with Crippen LogP contribution in [0.1, 0.15) is 32.7 Å². The van der Waals surface area contributed by atoms with Crippen molar-refractivity contribution in [2.24, 2.45) is 0 Å². The lowest BCUT2D eigenvalue weighted by Gasteiger charge is -2.35. The molecule has 0 unspecified atom stereocenters. The van der Waals surface area contributed by atoms with Gasteiger partial charge in [-0.15, -0.1) is 0 Å². The first-order valence-electron chi connectivity index (χ1n) is 14.7. The number of nitrogens with zero attached hydrogens (tertiary/aromatic N) is 5. The highest BCUT2D eigenvalue weighted by Crippen LogP contribution is 2.36. The van der Waals surface area contributed by atoms with Crippen LogP contribution in [0, 0.1) is 0 Å². The number of benzene rings is 3. The van der Waals surface area contributed by atoms with Crippen molar-refractivity contribution in [3.05, 3.63) is 101 Å². The number of piperazine rings is 1. The summed E-state index contributed by atoms with van der Waals surface area (Å²) in [6.45, 7) is 4.89. The van der Waals surface area contributed by atoms with E-state index >= 15 is 0 Å². The number of para-hydroxylation sites is 1. The van der Waals surface area contributed by atoms with Gasteiger partial charge in [0.05, 0.1) is 10.4 Å². The number of likely N-dealkylation sites (N-methyl/N-ethyl adjacent to an activating group) is 1. The van der Waals surface area contributed by atoms with Gasteiger partial charge in [0.25, 0.3) is 5.91 Å². The van der Waals surface area contributed by atoms with E-state index in [1.54, 1.807) is 10.4 Å². The largest absolute Gasteiger partial charge is 0.367 e. The van der Waals surface area contributed by atoms with E-state index in [9.17, 15) is 13.2 Å². The lowest BCUT2D eigenvalue weighted by atomic mass is 9.98. The maximum Gasteiger partial charge on any atom is 0.254 e. The van der Waals surface area contributed by atoms with Crippen LogP contribution in [0.25, 0.3) is 10.9 Å². The first-order valence-corrected chi connectivity index (χ1v) is 16.1. The maximum absolute atomic E-state index is 13.8. The number of anilines is 1. The zero-order chi connectivity index (χ0) is 28.8. The molecule has 0 bridgehead atoms. The molecule has 0 aliphatic carbocycles. The first kappa shape index (κ1) is 27.1. The summed E-state index contributed by atoms with van der Waals surface area (Å²) in [7, 11) is -1.57. The molecule has 8 nitrogen and oxygen atoms in total. The SMILES string of the molecule is CN1CCN(S(=O)(=O)c2cccc3c2CN(c2cccc4c2CN(CCc2ccc5ccccc5n2)C4=O)CC3)CC1. The topological polar surface area (TPSA) is 77.1 Å². The van der Waals surface area contributed by atoms with Crippen LogP contribution in [0.2, 0.25) is 0 Å². The van der Waals surface area contributed by atoms with E-state index in [-0.39, 0.29) is 5.91 Å². The molecule has 0 radical (unpaired) electrons. The van der Waals surface area contributed by atoms with Crippen molar-refractivity contribution in [3.8, 4) is 0 Å². The second-order valence-electron chi connectivity index (χ2n) is 11.5. The summed E-state index contributed by atoms with van der Waals surface area (Å²) in [4.78, 5) is 25.0. The fourth-order valence-electron chi connectivity index (χ4n) is 6.51. The average Bonchev–Trinajstić information content (AvgIpc) is 3.34. The smallest absolute Gasteiger partial charge is 0.254 e. The Balaban J connectivity index is 1.12. The van der Waals surface area contributed by atoms with Gasteiger partial charge in [-0.05, 0) is 54.9 Å². The van der Waals surface area contributed by atoms with Gasteiger partial charge in [-0.2, -0.15) is 4.31 Å². The number of rotatable bonds is 6. The highest BCUT2D eigenvalue weighted by atomic mass is 32.2. The van der Waals surface area contributed by atoms with E-state index in [1.807, 2.05) is 54.4 Å². The van der Waals surface area contributed by atoms with Crippen molar-refractivity contribution in [2.75, 3.05) is 51.2 Å². The fraction of sp³-hybridized carbons (Fsp3) is 0.333. The number of hydrogen-bond donors (Lipinski definition) is 0. The number of pyridine rings is 1. The number of carbonyl (C=O) groups excluding carboxylic acids is 1. The van der Waals surface area contributed by atoms with Crippen LogP contribution in [-0.4, -0.2) is 79.7 Å². The minimum Gasteiger partial charge on any atom is -0.367 e. The van der Waals surface area contributed by atoms with Crippen molar-refractivity contribution in [3.63, 3.8) is 0 Å². The molecule has 1 fully saturated rings. The first-order chi connectivity index (χ1) is 20.4. The Hall–Kier alpha value is -3.79. The Labute approximate surface area is 247 Å². The third kappa shape index (κ3) is 4.85.